The van der Waals surface area contributed by atoms with E-state index in [1.807, 2.05) is 0 Å². The second kappa shape index (κ2) is 4.73. The van der Waals surface area contributed by atoms with Crippen LogP contribution in [-0.4, -0.2) is 40.8 Å². The van der Waals surface area contributed by atoms with Crippen molar-refractivity contribution in [3.63, 3.8) is 0 Å². The zero-order valence-corrected chi connectivity index (χ0v) is 12.6. The molecule has 4 nitrogen and oxygen atoms in total. The van der Waals surface area contributed by atoms with E-state index in [1.54, 1.807) is 0 Å². The van der Waals surface area contributed by atoms with Crippen LogP contribution in [-0.2, 0) is 19.0 Å². The third kappa shape index (κ3) is 2.45. The van der Waals surface area contributed by atoms with Gasteiger partial charge in [0.15, 0.2) is 5.56 Å². The van der Waals surface area contributed by atoms with Crippen molar-refractivity contribution in [3.8, 4) is 0 Å². The molecule has 7 unspecified atom stereocenters. The zero-order chi connectivity index (χ0) is 13.9. The van der Waals surface area contributed by atoms with Crippen molar-refractivity contribution >= 4 is 29.2 Å². The Kier molecular flexibility index (Phi) is 3.22. The average Bonchev–Trinajstić information content (AvgIpc) is 3.31. The van der Waals surface area contributed by atoms with E-state index in [1.165, 1.54) is 0 Å². The van der Waals surface area contributed by atoms with Gasteiger partial charge >= 0.3 is 5.97 Å². The molecule has 4 rings (SSSR count). The van der Waals surface area contributed by atoms with Crippen LogP contribution < -0.4 is 0 Å². The van der Waals surface area contributed by atoms with Crippen molar-refractivity contribution in [3.05, 3.63) is 0 Å². The molecule has 2 saturated heterocycles. The number of alkyl halides is 2. The Hall–Kier alpha value is -0.0300. The number of carbonyl (C=O) groups excluding carboxylic acids is 1. The summed E-state index contributed by atoms with van der Waals surface area (Å²) in [4.78, 5) is 11.4. The molecule has 112 valence electrons. The van der Waals surface area contributed by atoms with Crippen LogP contribution in [0, 0.1) is 5.92 Å². The van der Waals surface area contributed by atoms with Crippen molar-refractivity contribution in [1.29, 1.82) is 0 Å². The standard InChI is InChI=1S/C14H18Cl2O4/c15-12(7-1-2-8-10(5-7)18-8)20-13(17)14(16)4-3-9-11(6-14)19-9/h7-12H,1-6H2. The van der Waals surface area contributed by atoms with E-state index in [2.05, 4.69) is 0 Å². The molecule has 2 heterocycles. The number of halogens is 2. The molecular formula is C14H18Cl2O4. The van der Waals surface area contributed by atoms with Crippen LogP contribution in [0.2, 0.25) is 0 Å². The van der Waals surface area contributed by atoms with Gasteiger partial charge in [-0.15, -0.1) is 11.6 Å². The number of hydrogen-bond donors (Lipinski definition) is 0. The van der Waals surface area contributed by atoms with Crippen LogP contribution in [0.4, 0.5) is 0 Å². The normalized spacial score (nSPS) is 50.6. The zero-order valence-electron chi connectivity index (χ0n) is 11.1. The molecule has 2 aliphatic carbocycles. The van der Waals surface area contributed by atoms with Crippen molar-refractivity contribution in [2.45, 2.75) is 73.4 Å². The van der Waals surface area contributed by atoms with Crippen LogP contribution in [0.5, 0.6) is 0 Å². The molecule has 4 aliphatic rings. The lowest BCUT2D eigenvalue weighted by atomic mass is 9.88. The smallest absolute Gasteiger partial charge is 0.328 e. The Labute approximate surface area is 128 Å². The highest BCUT2D eigenvalue weighted by molar-refractivity contribution is 6.34. The van der Waals surface area contributed by atoms with Crippen LogP contribution in [0.1, 0.15) is 38.5 Å². The van der Waals surface area contributed by atoms with E-state index in [-0.39, 0.29) is 18.0 Å². The maximum absolute atomic E-state index is 12.3. The van der Waals surface area contributed by atoms with E-state index < -0.39 is 10.4 Å². The second-order valence-electron chi connectivity index (χ2n) is 6.46. The summed E-state index contributed by atoms with van der Waals surface area (Å²) in [5.74, 6) is -0.204. The summed E-state index contributed by atoms with van der Waals surface area (Å²) in [5.41, 5.74) is -0.596. The third-order valence-electron chi connectivity index (χ3n) is 5.04. The molecule has 0 aromatic rings. The maximum atomic E-state index is 12.3. The molecule has 7 atom stereocenters. The van der Waals surface area contributed by atoms with Crippen molar-refractivity contribution in [1.82, 2.24) is 0 Å². The second-order valence-corrected chi connectivity index (χ2v) is 7.62. The summed E-state index contributed by atoms with van der Waals surface area (Å²) in [5, 5.41) is 0. The largest absolute Gasteiger partial charge is 0.444 e. The lowest BCUT2D eigenvalue weighted by molar-refractivity contribution is -0.151. The lowest BCUT2D eigenvalue weighted by Gasteiger charge is -2.30. The molecule has 2 saturated carbocycles. The van der Waals surface area contributed by atoms with Gasteiger partial charge in [-0.05, 0) is 32.1 Å². The van der Waals surface area contributed by atoms with Crippen LogP contribution in [0.3, 0.4) is 0 Å². The number of rotatable bonds is 3. The Bertz CT molecular complexity index is 431. The fourth-order valence-corrected chi connectivity index (χ4v) is 4.18. The quantitative estimate of drug-likeness (QED) is 0.455. The van der Waals surface area contributed by atoms with Crippen molar-refractivity contribution in [2.75, 3.05) is 0 Å². The Morgan fingerprint density at radius 2 is 1.90 bits per heavy atom. The number of esters is 1. The maximum Gasteiger partial charge on any atom is 0.328 e. The fraction of sp³-hybridized carbons (Fsp3) is 0.929. The van der Waals surface area contributed by atoms with Crippen LogP contribution >= 0.6 is 23.2 Å². The first-order valence-corrected chi connectivity index (χ1v) is 8.21. The first-order chi connectivity index (χ1) is 9.55. The first-order valence-electron chi connectivity index (χ1n) is 7.40. The van der Waals surface area contributed by atoms with Gasteiger partial charge in [-0.2, -0.15) is 0 Å². The van der Waals surface area contributed by atoms with Crippen molar-refractivity contribution in [2.24, 2.45) is 5.92 Å². The van der Waals surface area contributed by atoms with Gasteiger partial charge in [0.25, 0.3) is 0 Å². The monoisotopic (exact) mass is 320 g/mol. The van der Waals surface area contributed by atoms with Crippen LogP contribution in [0.15, 0.2) is 0 Å². The van der Waals surface area contributed by atoms with Gasteiger partial charge in [-0.1, -0.05) is 11.6 Å². The Balaban J connectivity index is 1.34. The number of ether oxygens (including phenoxy) is 3. The third-order valence-corrected chi connectivity index (χ3v) is 5.98. The van der Waals surface area contributed by atoms with E-state index in [0.717, 1.165) is 25.7 Å². The van der Waals surface area contributed by atoms with Crippen LogP contribution in [0.25, 0.3) is 0 Å². The molecule has 0 aromatic heterocycles. The van der Waals surface area contributed by atoms with Gasteiger partial charge in [-0.3, -0.25) is 4.79 Å². The molecule has 0 radical (unpaired) electrons. The number of fused-ring (bicyclic) bond motifs is 2. The molecule has 20 heavy (non-hydrogen) atoms. The van der Waals surface area contributed by atoms with Gasteiger partial charge < -0.3 is 14.2 Å². The molecule has 2 aliphatic heterocycles. The number of hydrogen-bond acceptors (Lipinski definition) is 4. The summed E-state index contributed by atoms with van der Waals surface area (Å²) in [6, 6.07) is 0. The predicted octanol–water partition coefficient (Wildman–Crippen LogP) is 2.59. The van der Waals surface area contributed by atoms with Gasteiger partial charge in [0.1, 0.15) is 4.87 Å². The van der Waals surface area contributed by atoms with E-state index in [9.17, 15) is 4.79 Å². The summed E-state index contributed by atoms with van der Waals surface area (Å²) >= 11 is 12.7. The minimum atomic E-state index is -0.946. The highest BCUT2D eigenvalue weighted by Crippen LogP contribution is 2.46. The Morgan fingerprint density at radius 3 is 2.65 bits per heavy atom. The van der Waals surface area contributed by atoms with Gasteiger partial charge in [0.2, 0.25) is 0 Å². The summed E-state index contributed by atoms with van der Waals surface area (Å²) in [6.45, 7) is 0. The molecule has 0 amide bonds. The molecule has 6 heteroatoms. The summed E-state index contributed by atoms with van der Waals surface area (Å²) in [7, 11) is 0. The highest BCUT2D eigenvalue weighted by Gasteiger charge is 2.54. The molecule has 4 fully saturated rings. The molecule has 0 bridgehead atoms. The fourth-order valence-electron chi connectivity index (χ4n) is 3.57. The topological polar surface area (TPSA) is 51.4 Å². The van der Waals surface area contributed by atoms with Gasteiger partial charge in [0.05, 0.1) is 24.4 Å². The number of carbonyl (C=O) groups is 1. The first kappa shape index (κ1) is 13.6. The average molecular weight is 321 g/mol. The van der Waals surface area contributed by atoms with E-state index in [4.69, 9.17) is 37.4 Å². The molecular weight excluding hydrogens is 303 g/mol. The highest BCUT2D eigenvalue weighted by atomic mass is 35.5. The van der Waals surface area contributed by atoms with E-state index >= 15 is 0 Å². The minimum Gasteiger partial charge on any atom is -0.444 e. The molecule has 0 spiro atoms. The Morgan fingerprint density at radius 1 is 1.15 bits per heavy atom. The minimum absolute atomic E-state index is 0.137. The number of epoxide rings is 2. The van der Waals surface area contributed by atoms with Gasteiger partial charge in [0, 0.05) is 12.3 Å². The molecule has 0 aromatic carbocycles. The predicted molar refractivity (Wildman–Crippen MR) is 72.8 cm³/mol. The SMILES string of the molecule is O=C(OC(Cl)C1CCC2OC2C1)C1(Cl)CCC2OC2C1. The van der Waals surface area contributed by atoms with E-state index in [0.29, 0.717) is 31.2 Å². The van der Waals surface area contributed by atoms with Crippen molar-refractivity contribution < 1.29 is 19.0 Å². The summed E-state index contributed by atoms with van der Waals surface area (Å²) < 4.78 is 16.3. The van der Waals surface area contributed by atoms with Gasteiger partial charge in [-0.25, -0.2) is 0 Å². The lowest BCUT2D eigenvalue weighted by Crippen LogP contribution is -2.41. The summed E-state index contributed by atoms with van der Waals surface area (Å²) in [6.07, 6.45) is 6.03. The molecule has 0 N–H and O–H groups in total.